The van der Waals surface area contributed by atoms with Gasteiger partial charge in [0, 0.05) is 0 Å². The Bertz CT molecular complexity index is 870. The summed E-state index contributed by atoms with van der Waals surface area (Å²) >= 11 is 3.47. The van der Waals surface area contributed by atoms with Gasteiger partial charge in [-0.05, 0) is 58.1 Å². The molecule has 1 unspecified atom stereocenters. The Morgan fingerprint density at radius 3 is 2.59 bits per heavy atom. The monoisotopic (exact) mass is 460 g/mol. The van der Waals surface area contributed by atoms with Crippen molar-refractivity contribution in [3.8, 4) is 11.5 Å². The Hall–Kier alpha value is -2.80. The van der Waals surface area contributed by atoms with Gasteiger partial charge in [0.15, 0.2) is 6.61 Å². The molecule has 7 heteroatoms. The molecule has 2 aromatic carbocycles. The standard InChI is InChI=1S/C22H25BrN2O4/c1-4-12-28-19-9-7-6-8-17(19)22(27)25-24-21(26)14-29-20-11-10-16(13-18(20)23)15(3)5-2/h4,6-11,13,15H,1,5,12,14H2,2-3H3,(H,24,26)(H,25,27). The Labute approximate surface area is 179 Å². The molecular formula is C22H25BrN2O4. The molecule has 0 aromatic heterocycles. The van der Waals surface area contributed by atoms with Gasteiger partial charge in [0.2, 0.25) is 0 Å². The Kier molecular flexibility index (Phi) is 8.73. The third kappa shape index (κ3) is 6.64. The highest BCUT2D eigenvalue weighted by Crippen LogP contribution is 2.30. The predicted octanol–water partition coefficient (Wildman–Crippen LogP) is 4.37. The zero-order valence-corrected chi connectivity index (χ0v) is 18.1. The number of hydrogen-bond donors (Lipinski definition) is 2. The minimum atomic E-state index is -0.489. The molecule has 0 heterocycles. The summed E-state index contributed by atoms with van der Waals surface area (Å²) < 4.78 is 11.8. The van der Waals surface area contributed by atoms with Crippen LogP contribution in [0.4, 0.5) is 0 Å². The van der Waals surface area contributed by atoms with E-state index >= 15 is 0 Å². The van der Waals surface area contributed by atoms with Crippen LogP contribution in [-0.4, -0.2) is 25.0 Å². The lowest BCUT2D eigenvalue weighted by Crippen LogP contribution is -2.43. The number of halogens is 1. The van der Waals surface area contributed by atoms with Crippen molar-refractivity contribution in [1.82, 2.24) is 10.9 Å². The van der Waals surface area contributed by atoms with E-state index in [1.165, 1.54) is 5.56 Å². The maximum Gasteiger partial charge on any atom is 0.276 e. The number of para-hydroxylation sites is 1. The van der Waals surface area contributed by atoms with Crippen molar-refractivity contribution in [3.05, 3.63) is 70.7 Å². The second-order valence-electron chi connectivity index (χ2n) is 6.39. The molecule has 2 aromatic rings. The van der Waals surface area contributed by atoms with Gasteiger partial charge in [-0.3, -0.25) is 20.4 Å². The molecule has 0 fully saturated rings. The quantitative estimate of drug-likeness (QED) is 0.430. The normalized spacial score (nSPS) is 11.3. The zero-order chi connectivity index (χ0) is 21.2. The van der Waals surface area contributed by atoms with E-state index in [4.69, 9.17) is 9.47 Å². The zero-order valence-electron chi connectivity index (χ0n) is 16.5. The lowest BCUT2D eigenvalue weighted by Gasteiger charge is -2.14. The second-order valence-corrected chi connectivity index (χ2v) is 7.24. The molecule has 0 bridgehead atoms. The molecule has 0 aliphatic heterocycles. The molecular weight excluding hydrogens is 436 g/mol. The fraction of sp³-hybridized carbons (Fsp3) is 0.273. The summed E-state index contributed by atoms with van der Waals surface area (Å²) in [5.41, 5.74) is 6.20. The third-order valence-corrected chi connectivity index (χ3v) is 4.92. The number of hydrazine groups is 1. The number of amides is 2. The number of nitrogens with one attached hydrogen (secondary N) is 2. The van der Waals surface area contributed by atoms with Crippen LogP contribution in [0, 0.1) is 0 Å². The van der Waals surface area contributed by atoms with Crippen LogP contribution >= 0.6 is 15.9 Å². The van der Waals surface area contributed by atoms with Gasteiger partial charge >= 0.3 is 0 Å². The van der Waals surface area contributed by atoms with Gasteiger partial charge in [-0.2, -0.15) is 0 Å². The highest BCUT2D eigenvalue weighted by molar-refractivity contribution is 9.10. The molecule has 0 radical (unpaired) electrons. The summed E-state index contributed by atoms with van der Waals surface area (Å²) in [6.07, 6.45) is 2.62. The van der Waals surface area contributed by atoms with Gasteiger partial charge in [-0.25, -0.2) is 0 Å². The molecule has 154 valence electrons. The van der Waals surface area contributed by atoms with E-state index in [0.29, 0.717) is 23.0 Å². The van der Waals surface area contributed by atoms with Crippen LogP contribution in [0.15, 0.2) is 59.6 Å². The third-order valence-electron chi connectivity index (χ3n) is 4.30. The topological polar surface area (TPSA) is 76.7 Å². The van der Waals surface area contributed by atoms with E-state index in [0.717, 1.165) is 10.9 Å². The first kappa shape index (κ1) is 22.5. The molecule has 2 amide bonds. The second kappa shape index (κ2) is 11.3. The van der Waals surface area contributed by atoms with Gasteiger partial charge in [0.25, 0.3) is 11.8 Å². The van der Waals surface area contributed by atoms with Crippen molar-refractivity contribution >= 4 is 27.7 Å². The van der Waals surface area contributed by atoms with Crippen LogP contribution < -0.4 is 20.3 Å². The molecule has 0 saturated carbocycles. The van der Waals surface area contributed by atoms with Gasteiger partial charge in [-0.1, -0.05) is 44.7 Å². The van der Waals surface area contributed by atoms with Gasteiger partial charge < -0.3 is 9.47 Å². The molecule has 2 rings (SSSR count). The fourth-order valence-corrected chi connectivity index (χ4v) is 2.99. The van der Waals surface area contributed by atoms with Crippen molar-refractivity contribution in [2.45, 2.75) is 26.2 Å². The van der Waals surface area contributed by atoms with Crippen molar-refractivity contribution < 1.29 is 19.1 Å². The van der Waals surface area contributed by atoms with E-state index in [1.54, 1.807) is 30.3 Å². The first-order chi connectivity index (χ1) is 14.0. The molecule has 29 heavy (non-hydrogen) atoms. The van der Waals surface area contributed by atoms with Crippen molar-refractivity contribution in [2.24, 2.45) is 0 Å². The Morgan fingerprint density at radius 2 is 1.90 bits per heavy atom. The van der Waals surface area contributed by atoms with Crippen LogP contribution in [0.2, 0.25) is 0 Å². The van der Waals surface area contributed by atoms with E-state index in [2.05, 4.69) is 47.2 Å². The first-order valence-electron chi connectivity index (χ1n) is 9.30. The lowest BCUT2D eigenvalue weighted by atomic mass is 9.99. The van der Waals surface area contributed by atoms with E-state index < -0.39 is 11.8 Å². The highest BCUT2D eigenvalue weighted by Gasteiger charge is 2.14. The predicted molar refractivity (Wildman–Crippen MR) is 116 cm³/mol. The average molecular weight is 461 g/mol. The smallest absolute Gasteiger partial charge is 0.276 e. The summed E-state index contributed by atoms with van der Waals surface area (Å²) in [5.74, 6) is 0.428. The first-order valence-corrected chi connectivity index (χ1v) is 10.1. The van der Waals surface area contributed by atoms with Crippen molar-refractivity contribution in [1.29, 1.82) is 0 Å². The molecule has 2 N–H and O–H groups in total. The van der Waals surface area contributed by atoms with Gasteiger partial charge in [0.1, 0.15) is 18.1 Å². The fourth-order valence-electron chi connectivity index (χ4n) is 2.48. The van der Waals surface area contributed by atoms with E-state index in [9.17, 15) is 9.59 Å². The summed E-state index contributed by atoms with van der Waals surface area (Å²) in [5, 5.41) is 0. The number of benzene rings is 2. The van der Waals surface area contributed by atoms with E-state index in [-0.39, 0.29) is 13.2 Å². The Morgan fingerprint density at radius 1 is 1.14 bits per heavy atom. The van der Waals surface area contributed by atoms with Gasteiger partial charge in [0.05, 0.1) is 10.0 Å². The van der Waals surface area contributed by atoms with Crippen LogP contribution in [0.5, 0.6) is 11.5 Å². The Balaban J connectivity index is 1.87. The summed E-state index contributed by atoms with van der Waals surface area (Å²) in [7, 11) is 0. The molecule has 0 aliphatic carbocycles. The lowest BCUT2D eigenvalue weighted by molar-refractivity contribution is -0.123. The van der Waals surface area contributed by atoms with Crippen LogP contribution in [0.25, 0.3) is 0 Å². The summed E-state index contributed by atoms with van der Waals surface area (Å²) in [6, 6.07) is 12.5. The molecule has 6 nitrogen and oxygen atoms in total. The summed E-state index contributed by atoms with van der Waals surface area (Å²) in [6.45, 7) is 7.89. The number of carbonyl (C=O) groups is 2. The maximum absolute atomic E-state index is 12.3. The van der Waals surface area contributed by atoms with Crippen LogP contribution in [-0.2, 0) is 4.79 Å². The summed E-state index contributed by atoms with van der Waals surface area (Å²) in [4.78, 5) is 24.3. The highest BCUT2D eigenvalue weighted by atomic mass is 79.9. The number of ether oxygens (including phenoxy) is 2. The molecule has 0 spiro atoms. The number of hydrogen-bond acceptors (Lipinski definition) is 4. The van der Waals surface area contributed by atoms with Crippen molar-refractivity contribution in [2.75, 3.05) is 13.2 Å². The largest absolute Gasteiger partial charge is 0.489 e. The van der Waals surface area contributed by atoms with E-state index in [1.807, 2.05) is 18.2 Å². The van der Waals surface area contributed by atoms with Crippen molar-refractivity contribution in [3.63, 3.8) is 0 Å². The molecule has 0 saturated heterocycles. The molecule has 0 aliphatic rings. The average Bonchev–Trinajstić information content (AvgIpc) is 2.74. The van der Waals surface area contributed by atoms with Crippen LogP contribution in [0.3, 0.4) is 0 Å². The minimum absolute atomic E-state index is 0.240. The number of carbonyl (C=O) groups excluding carboxylic acids is 2. The SMILES string of the molecule is C=CCOc1ccccc1C(=O)NNC(=O)COc1ccc(C(C)CC)cc1Br. The maximum atomic E-state index is 12.3. The van der Waals surface area contributed by atoms with Gasteiger partial charge in [-0.15, -0.1) is 0 Å². The van der Waals surface area contributed by atoms with Crippen LogP contribution in [0.1, 0.15) is 42.1 Å². The minimum Gasteiger partial charge on any atom is -0.489 e. The molecule has 1 atom stereocenters. The number of rotatable bonds is 9.